The molecule has 28 heavy (non-hydrogen) atoms. The number of ketones is 1. The molecule has 1 aliphatic heterocycles. The molecule has 2 aromatic carbocycles. The first-order chi connectivity index (χ1) is 13.4. The van der Waals surface area contributed by atoms with Crippen LogP contribution in [-0.2, 0) is 5.60 Å². The fraction of sp³-hybridized carbons (Fsp3) is 0.409. The first-order valence-corrected chi connectivity index (χ1v) is 10.3. The van der Waals surface area contributed by atoms with Crippen LogP contribution < -0.4 is 4.74 Å². The number of carbonyl (C=O) groups excluding carboxylic acids is 1. The van der Waals surface area contributed by atoms with Gasteiger partial charge in [0.25, 0.3) is 0 Å². The van der Waals surface area contributed by atoms with E-state index < -0.39 is 11.7 Å². The van der Waals surface area contributed by atoms with E-state index in [4.69, 9.17) is 4.74 Å². The van der Waals surface area contributed by atoms with E-state index in [0.29, 0.717) is 43.8 Å². The van der Waals surface area contributed by atoms with Gasteiger partial charge in [0.2, 0.25) is 0 Å². The standard InChI is InChI=1S/C22H26BrNO4/c1-16(25)20-13-18(23)7-8-21(20)28-15-19(26)14-24-11-9-22(27,10-12-24)17-5-3-2-4-6-17/h2-8,13,19,26-27H,9-12,14-15H2,1H3. The van der Waals surface area contributed by atoms with Crippen LogP contribution in [-0.4, -0.2) is 53.2 Å². The number of aliphatic hydroxyl groups excluding tert-OH is 1. The second-order valence-corrected chi connectivity index (χ2v) is 8.28. The molecule has 1 atom stereocenters. The zero-order valence-electron chi connectivity index (χ0n) is 16.0. The van der Waals surface area contributed by atoms with E-state index in [1.807, 2.05) is 36.4 Å². The molecule has 3 rings (SSSR count). The van der Waals surface area contributed by atoms with E-state index in [2.05, 4.69) is 20.8 Å². The third kappa shape index (κ3) is 5.20. The maximum absolute atomic E-state index is 11.8. The van der Waals surface area contributed by atoms with Crippen molar-refractivity contribution in [2.45, 2.75) is 31.5 Å². The van der Waals surface area contributed by atoms with Crippen LogP contribution in [0.2, 0.25) is 0 Å². The molecule has 0 saturated carbocycles. The molecule has 0 aliphatic carbocycles. The van der Waals surface area contributed by atoms with Gasteiger partial charge in [-0.2, -0.15) is 0 Å². The van der Waals surface area contributed by atoms with E-state index in [0.717, 1.165) is 10.0 Å². The van der Waals surface area contributed by atoms with Gasteiger partial charge in [0.1, 0.15) is 18.5 Å². The summed E-state index contributed by atoms with van der Waals surface area (Å²) in [5, 5.41) is 21.3. The number of piperidine rings is 1. The molecule has 1 heterocycles. The number of benzene rings is 2. The first-order valence-electron chi connectivity index (χ1n) is 9.49. The van der Waals surface area contributed by atoms with E-state index in [1.54, 1.807) is 12.1 Å². The number of hydrogen-bond donors (Lipinski definition) is 2. The summed E-state index contributed by atoms with van der Waals surface area (Å²) in [6, 6.07) is 15.0. The van der Waals surface area contributed by atoms with Gasteiger partial charge in [0, 0.05) is 24.1 Å². The van der Waals surface area contributed by atoms with Crippen LogP contribution in [0.1, 0.15) is 35.7 Å². The molecule has 2 N–H and O–H groups in total. The quantitative estimate of drug-likeness (QED) is 0.636. The molecule has 0 bridgehead atoms. The highest BCUT2D eigenvalue weighted by molar-refractivity contribution is 9.10. The van der Waals surface area contributed by atoms with Crippen molar-refractivity contribution < 1.29 is 19.7 Å². The molecule has 1 aliphatic rings. The van der Waals surface area contributed by atoms with Crippen LogP contribution in [0.4, 0.5) is 0 Å². The van der Waals surface area contributed by atoms with Crippen LogP contribution in [0.3, 0.4) is 0 Å². The fourth-order valence-electron chi connectivity index (χ4n) is 3.58. The number of hydrogen-bond acceptors (Lipinski definition) is 5. The number of likely N-dealkylation sites (tertiary alicyclic amines) is 1. The van der Waals surface area contributed by atoms with E-state index in [9.17, 15) is 15.0 Å². The van der Waals surface area contributed by atoms with Crippen LogP contribution in [0.25, 0.3) is 0 Å². The maximum Gasteiger partial charge on any atom is 0.163 e. The molecule has 0 aromatic heterocycles. The maximum atomic E-state index is 11.8. The Morgan fingerprint density at radius 2 is 1.89 bits per heavy atom. The minimum absolute atomic E-state index is 0.0815. The van der Waals surface area contributed by atoms with Crippen molar-refractivity contribution in [2.24, 2.45) is 0 Å². The van der Waals surface area contributed by atoms with E-state index in [-0.39, 0.29) is 12.4 Å². The number of carbonyl (C=O) groups is 1. The Hall–Kier alpha value is -1.73. The summed E-state index contributed by atoms with van der Waals surface area (Å²) in [7, 11) is 0. The van der Waals surface area contributed by atoms with Crippen LogP contribution in [0.5, 0.6) is 5.75 Å². The number of β-amino-alcohol motifs (C(OH)–C–C–N with tert-alkyl or cyclic N) is 1. The van der Waals surface area contributed by atoms with Crippen LogP contribution >= 0.6 is 15.9 Å². The topological polar surface area (TPSA) is 70.0 Å². The Labute approximate surface area is 174 Å². The van der Waals surface area contributed by atoms with Crippen molar-refractivity contribution in [2.75, 3.05) is 26.2 Å². The Morgan fingerprint density at radius 3 is 2.54 bits per heavy atom. The molecular weight excluding hydrogens is 422 g/mol. The molecule has 5 nitrogen and oxygen atoms in total. The summed E-state index contributed by atoms with van der Waals surface area (Å²) in [6.45, 7) is 3.49. The molecule has 0 radical (unpaired) electrons. The Kier molecular flexibility index (Phi) is 6.88. The predicted octanol–water partition coefficient (Wildman–Crippen LogP) is 3.38. The lowest BCUT2D eigenvalue weighted by Gasteiger charge is -2.39. The van der Waals surface area contributed by atoms with Gasteiger partial charge in [-0.15, -0.1) is 0 Å². The highest BCUT2D eigenvalue weighted by atomic mass is 79.9. The lowest BCUT2D eigenvalue weighted by Crippen LogP contribution is -2.46. The van der Waals surface area contributed by atoms with Gasteiger partial charge >= 0.3 is 0 Å². The Morgan fingerprint density at radius 1 is 1.21 bits per heavy atom. The van der Waals surface area contributed by atoms with Gasteiger partial charge in [-0.3, -0.25) is 4.79 Å². The highest BCUT2D eigenvalue weighted by Gasteiger charge is 2.34. The zero-order chi connectivity index (χ0) is 20.1. The van der Waals surface area contributed by atoms with E-state index in [1.165, 1.54) is 6.92 Å². The second-order valence-electron chi connectivity index (χ2n) is 7.36. The van der Waals surface area contributed by atoms with Crippen LogP contribution in [0, 0.1) is 0 Å². The number of halogens is 1. The molecular formula is C22H26BrNO4. The predicted molar refractivity (Wildman–Crippen MR) is 112 cm³/mol. The van der Waals surface area contributed by atoms with E-state index >= 15 is 0 Å². The van der Waals surface area contributed by atoms with Gasteiger partial charge in [0.05, 0.1) is 11.2 Å². The molecule has 150 valence electrons. The number of aliphatic hydroxyl groups is 2. The smallest absolute Gasteiger partial charge is 0.163 e. The molecule has 6 heteroatoms. The lowest BCUT2D eigenvalue weighted by atomic mass is 9.84. The molecule has 0 spiro atoms. The molecule has 1 unspecified atom stereocenters. The summed E-state index contributed by atoms with van der Waals surface area (Å²) in [6.07, 6.45) is 0.587. The SMILES string of the molecule is CC(=O)c1cc(Br)ccc1OCC(O)CN1CCC(O)(c2ccccc2)CC1. The number of nitrogens with zero attached hydrogens (tertiary/aromatic N) is 1. The minimum atomic E-state index is -0.799. The Balaban J connectivity index is 1.50. The summed E-state index contributed by atoms with van der Waals surface area (Å²) in [4.78, 5) is 13.9. The summed E-state index contributed by atoms with van der Waals surface area (Å²) in [5.74, 6) is 0.397. The molecule has 2 aromatic rings. The van der Waals surface area contributed by atoms with Crippen LogP contribution in [0.15, 0.2) is 53.0 Å². The monoisotopic (exact) mass is 447 g/mol. The third-order valence-corrected chi connectivity index (χ3v) is 5.71. The van der Waals surface area contributed by atoms with Gasteiger partial charge in [0.15, 0.2) is 5.78 Å². The average Bonchev–Trinajstić information content (AvgIpc) is 2.69. The van der Waals surface area contributed by atoms with Gasteiger partial charge in [-0.25, -0.2) is 0 Å². The number of ether oxygens (including phenoxy) is 1. The average molecular weight is 448 g/mol. The van der Waals surface area contributed by atoms with Crippen molar-refractivity contribution in [3.05, 3.63) is 64.1 Å². The number of rotatable bonds is 7. The second kappa shape index (κ2) is 9.18. The van der Waals surface area contributed by atoms with Gasteiger partial charge < -0.3 is 19.8 Å². The molecule has 1 fully saturated rings. The molecule has 0 amide bonds. The van der Waals surface area contributed by atoms with Crippen molar-refractivity contribution in [3.8, 4) is 5.75 Å². The van der Waals surface area contributed by atoms with Gasteiger partial charge in [-0.1, -0.05) is 46.3 Å². The summed E-state index contributed by atoms with van der Waals surface area (Å²) in [5.41, 5.74) is 0.644. The highest BCUT2D eigenvalue weighted by Crippen LogP contribution is 2.32. The largest absolute Gasteiger partial charge is 0.490 e. The Bertz CT molecular complexity index is 803. The van der Waals surface area contributed by atoms with Gasteiger partial charge in [-0.05, 0) is 43.5 Å². The third-order valence-electron chi connectivity index (χ3n) is 5.22. The summed E-state index contributed by atoms with van der Waals surface area (Å²) < 4.78 is 6.51. The van der Waals surface area contributed by atoms with Crippen molar-refractivity contribution in [1.29, 1.82) is 0 Å². The zero-order valence-corrected chi connectivity index (χ0v) is 17.6. The summed E-state index contributed by atoms with van der Waals surface area (Å²) >= 11 is 3.35. The normalized spacial score (nSPS) is 17.9. The lowest BCUT2D eigenvalue weighted by molar-refractivity contribution is -0.0372. The van der Waals surface area contributed by atoms with Crippen molar-refractivity contribution in [1.82, 2.24) is 4.90 Å². The van der Waals surface area contributed by atoms with Crippen molar-refractivity contribution in [3.63, 3.8) is 0 Å². The fourth-order valence-corrected chi connectivity index (χ4v) is 3.94. The first kappa shape index (κ1) is 21.0. The minimum Gasteiger partial charge on any atom is -0.490 e. The van der Waals surface area contributed by atoms with Crippen molar-refractivity contribution >= 4 is 21.7 Å². The number of Topliss-reactive ketones (excluding diaryl/α,β-unsaturated/α-hetero) is 1. The molecule has 1 saturated heterocycles.